The molecule has 0 aromatic heterocycles. The Morgan fingerprint density at radius 1 is 0.909 bits per heavy atom. The molecular formula is C18H33NO2S. The van der Waals surface area contributed by atoms with Crippen molar-refractivity contribution in [3.8, 4) is 6.07 Å². The van der Waals surface area contributed by atoms with Gasteiger partial charge in [0.25, 0.3) is 0 Å². The number of hydrogen-bond donors (Lipinski definition) is 0. The maximum Gasteiger partial charge on any atom is 0.118 e. The molecule has 3 nitrogen and oxygen atoms in total. The minimum Gasteiger partial charge on any atom is -0.237 e. The fourth-order valence-corrected chi connectivity index (χ4v) is 2.92. The lowest BCUT2D eigenvalue weighted by molar-refractivity contribution is -0.283. The summed E-state index contributed by atoms with van der Waals surface area (Å²) in [6.45, 7) is 4.87. The Kier molecular flexibility index (Phi) is 18.1. The van der Waals surface area contributed by atoms with Crippen LogP contribution >= 0.6 is 11.8 Å². The van der Waals surface area contributed by atoms with E-state index in [0.29, 0.717) is 12.2 Å². The molecule has 0 aromatic carbocycles. The van der Waals surface area contributed by atoms with Crippen LogP contribution < -0.4 is 0 Å². The van der Waals surface area contributed by atoms with Gasteiger partial charge in [-0.05, 0) is 24.5 Å². The minimum absolute atomic E-state index is 0.245. The Bertz CT molecular complexity index is 300. The summed E-state index contributed by atoms with van der Waals surface area (Å²) in [6.07, 6.45) is 13.6. The lowest BCUT2D eigenvalue weighted by atomic mass is 10.1. The van der Waals surface area contributed by atoms with Crippen LogP contribution in [0.15, 0.2) is 11.0 Å². The molecule has 0 unspecified atom stereocenters. The van der Waals surface area contributed by atoms with Crippen LogP contribution in [0.3, 0.4) is 0 Å². The largest absolute Gasteiger partial charge is 0.237 e. The zero-order valence-electron chi connectivity index (χ0n) is 14.4. The Morgan fingerprint density at radius 3 is 2.05 bits per heavy atom. The number of hydrogen-bond acceptors (Lipinski definition) is 4. The van der Waals surface area contributed by atoms with Crippen molar-refractivity contribution in [3.05, 3.63) is 11.0 Å². The fraction of sp³-hybridized carbons (Fsp3) is 0.833. The van der Waals surface area contributed by atoms with Gasteiger partial charge in [0.15, 0.2) is 0 Å². The zero-order valence-corrected chi connectivity index (χ0v) is 15.3. The molecule has 0 aliphatic rings. The summed E-state index contributed by atoms with van der Waals surface area (Å²) in [5.74, 6) is 1.08. The van der Waals surface area contributed by atoms with Gasteiger partial charge in [-0.15, -0.1) is 11.8 Å². The maximum atomic E-state index is 8.94. The lowest BCUT2D eigenvalue weighted by Crippen LogP contribution is -1.97. The van der Waals surface area contributed by atoms with Gasteiger partial charge in [0, 0.05) is 0 Å². The van der Waals surface area contributed by atoms with Gasteiger partial charge >= 0.3 is 0 Å². The Hall–Kier alpha value is -0.500. The van der Waals surface area contributed by atoms with Crippen LogP contribution in [0.4, 0.5) is 0 Å². The number of rotatable bonds is 16. The Balaban J connectivity index is 3.32. The van der Waals surface area contributed by atoms with Crippen LogP contribution in [0.1, 0.15) is 78.1 Å². The van der Waals surface area contributed by atoms with E-state index in [-0.39, 0.29) is 6.61 Å². The van der Waals surface area contributed by atoms with Crippen molar-refractivity contribution in [2.45, 2.75) is 78.1 Å². The second kappa shape index (κ2) is 18.5. The zero-order chi connectivity index (χ0) is 16.3. The van der Waals surface area contributed by atoms with Crippen molar-refractivity contribution in [2.75, 3.05) is 19.0 Å². The molecule has 0 amide bonds. The van der Waals surface area contributed by atoms with Crippen molar-refractivity contribution in [2.24, 2.45) is 0 Å². The summed E-state index contributed by atoms with van der Waals surface area (Å²) in [4.78, 5) is 9.67. The monoisotopic (exact) mass is 327 g/mol. The van der Waals surface area contributed by atoms with Gasteiger partial charge in [0.2, 0.25) is 0 Å². The van der Waals surface area contributed by atoms with E-state index >= 15 is 0 Å². The summed E-state index contributed by atoms with van der Waals surface area (Å²) >= 11 is 1.70. The molecule has 0 aromatic rings. The van der Waals surface area contributed by atoms with Gasteiger partial charge in [0.05, 0.1) is 18.2 Å². The van der Waals surface area contributed by atoms with Gasteiger partial charge in [-0.2, -0.15) is 5.26 Å². The average molecular weight is 328 g/mol. The molecule has 22 heavy (non-hydrogen) atoms. The summed E-state index contributed by atoms with van der Waals surface area (Å²) in [5, 5.41) is 10.8. The molecule has 0 heterocycles. The molecule has 0 spiro atoms. The predicted molar refractivity (Wildman–Crippen MR) is 95.6 cm³/mol. The van der Waals surface area contributed by atoms with E-state index in [0.717, 1.165) is 5.75 Å². The number of unbranched alkanes of at least 4 members (excludes halogenated alkanes) is 9. The van der Waals surface area contributed by atoms with Crippen LogP contribution in [0.5, 0.6) is 0 Å². The Morgan fingerprint density at radius 2 is 1.50 bits per heavy atom. The van der Waals surface area contributed by atoms with Crippen LogP contribution in [0.25, 0.3) is 0 Å². The normalized spacial score (nSPS) is 11.6. The van der Waals surface area contributed by atoms with Crippen LogP contribution in [0, 0.1) is 11.3 Å². The van der Waals surface area contributed by atoms with Crippen molar-refractivity contribution in [3.63, 3.8) is 0 Å². The first-order valence-electron chi connectivity index (χ1n) is 8.80. The SMILES string of the molecule is CCCCCCCCCCCCS/C=C(/C#N)COOCC. The summed E-state index contributed by atoms with van der Waals surface area (Å²) in [7, 11) is 0. The summed E-state index contributed by atoms with van der Waals surface area (Å²) < 4.78 is 0. The highest BCUT2D eigenvalue weighted by Gasteiger charge is 1.97. The van der Waals surface area contributed by atoms with E-state index in [1.54, 1.807) is 11.8 Å². The molecule has 0 aliphatic carbocycles. The van der Waals surface area contributed by atoms with E-state index in [2.05, 4.69) is 13.0 Å². The highest BCUT2D eigenvalue weighted by atomic mass is 32.2. The first-order valence-corrected chi connectivity index (χ1v) is 9.85. The van der Waals surface area contributed by atoms with E-state index in [1.807, 2.05) is 12.3 Å². The Labute approximate surface area is 141 Å². The van der Waals surface area contributed by atoms with Crippen LogP contribution in [-0.4, -0.2) is 19.0 Å². The molecule has 0 rings (SSSR count). The maximum absolute atomic E-state index is 8.94. The van der Waals surface area contributed by atoms with Crippen LogP contribution in [0.2, 0.25) is 0 Å². The van der Waals surface area contributed by atoms with Crippen molar-refractivity contribution >= 4 is 11.8 Å². The highest BCUT2D eigenvalue weighted by Crippen LogP contribution is 2.14. The van der Waals surface area contributed by atoms with E-state index < -0.39 is 0 Å². The molecule has 0 saturated carbocycles. The van der Waals surface area contributed by atoms with Gasteiger partial charge in [-0.1, -0.05) is 64.7 Å². The number of nitrogens with zero attached hydrogens (tertiary/aromatic N) is 1. The molecular weight excluding hydrogens is 294 g/mol. The smallest absolute Gasteiger partial charge is 0.118 e. The first-order chi connectivity index (χ1) is 10.8. The first kappa shape index (κ1) is 21.5. The topological polar surface area (TPSA) is 42.2 Å². The second-order valence-corrected chi connectivity index (χ2v) is 6.45. The van der Waals surface area contributed by atoms with Gasteiger partial charge in [0.1, 0.15) is 6.61 Å². The van der Waals surface area contributed by atoms with Crippen molar-refractivity contribution < 1.29 is 9.78 Å². The van der Waals surface area contributed by atoms with Crippen molar-refractivity contribution in [1.82, 2.24) is 0 Å². The third kappa shape index (κ3) is 15.9. The van der Waals surface area contributed by atoms with E-state index in [9.17, 15) is 0 Å². The predicted octanol–water partition coefficient (Wildman–Crippen LogP) is 6.02. The molecule has 0 bridgehead atoms. The second-order valence-electron chi connectivity index (χ2n) is 5.48. The quantitative estimate of drug-likeness (QED) is 0.150. The minimum atomic E-state index is 0.245. The number of thioether (sulfide) groups is 1. The highest BCUT2D eigenvalue weighted by molar-refractivity contribution is 8.02. The van der Waals surface area contributed by atoms with Gasteiger partial charge in [-0.25, -0.2) is 9.78 Å². The van der Waals surface area contributed by atoms with E-state index in [1.165, 1.54) is 64.2 Å². The standard InChI is InChI=1S/C18H33NO2S/c1-3-5-6-7-8-9-10-11-12-13-14-22-17-18(15-19)16-21-20-4-2/h17H,3-14,16H2,1-2H3/b18-17-. The molecule has 0 saturated heterocycles. The van der Waals surface area contributed by atoms with Gasteiger partial charge < -0.3 is 0 Å². The third-order valence-corrected chi connectivity index (χ3v) is 4.38. The van der Waals surface area contributed by atoms with Gasteiger partial charge in [-0.3, -0.25) is 0 Å². The molecule has 0 atom stereocenters. The third-order valence-electron chi connectivity index (χ3n) is 3.40. The molecule has 0 radical (unpaired) electrons. The molecule has 128 valence electrons. The lowest BCUT2D eigenvalue weighted by Gasteiger charge is -2.02. The molecule has 0 aliphatic heterocycles. The van der Waals surface area contributed by atoms with Crippen LogP contribution in [-0.2, 0) is 9.78 Å². The van der Waals surface area contributed by atoms with E-state index in [4.69, 9.17) is 15.0 Å². The fourth-order valence-electron chi connectivity index (χ4n) is 2.11. The molecule has 0 N–H and O–H groups in total. The number of nitriles is 1. The molecule has 4 heteroatoms. The average Bonchev–Trinajstić information content (AvgIpc) is 2.54. The summed E-state index contributed by atoms with van der Waals surface area (Å²) in [6, 6.07) is 2.14. The van der Waals surface area contributed by atoms with Crippen molar-refractivity contribution in [1.29, 1.82) is 5.26 Å². The molecule has 0 fully saturated rings. The summed E-state index contributed by atoms with van der Waals surface area (Å²) in [5.41, 5.74) is 0.630.